The Bertz CT molecular complexity index is 668. The highest BCUT2D eigenvalue weighted by atomic mass is 16.5. The van der Waals surface area contributed by atoms with Crippen molar-refractivity contribution in [2.24, 2.45) is 7.05 Å². The van der Waals surface area contributed by atoms with Crippen LogP contribution < -0.4 is 10.3 Å². The minimum Gasteiger partial charge on any atom is -0.489 e. The fourth-order valence-corrected chi connectivity index (χ4v) is 2.25. The molecule has 86 valence electrons. The molecule has 0 fully saturated rings. The van der Waals surface area contributed by atoms with Crippen LogP contribution >= 0.6 is 0 Å². The summed E-state index contributed by atoms with van der Waals surface area (Å²) in [6.45, 7) is 0.615. The number of nitrogens with zero attached hydrogens (tertiary/aromatic N) is 1. The Kier molecular flexibility index (Phi) is 2.25. The molecule has 0 bridgehead atoms. The molecule has 0 N–H and O–H groups in total. The van der Waals surface area contributed by atoms with Gasteiger partial charge in [-0.15, -0.1) is 0 Å². The number of hydrogen-bond acceptors (Lipinski definition) is 2. The van der Waals surface area contributed by atoms with Gasteiger partial charge >= 0.3 is 0 Å². The molecule has 0 radical (unpaired) electrons. The Hall–Kier alpha value is -2.03. The first-order chi connectivity index (χ1) is 8.27. The van der Waals surface area contributed by atoms with Crippen molar-refractivity contribution < 1.29 is 4.74 Å². The largest absolute Gasteiger partial charge is 0.489 e. The van der Waals surface area contributed by atoms with Gasteiger partial charge in [0.1, 0.15) is 12.4 Å². The minimum atomic E-state index is 0.0162. The predicted octanol–water partition coefficient (Wildman–Crippen LogP) is 2.03. The van der Waals surface area contributed by atoms with Crippen LogP contribution in [0.3, 0.4) is 0 Å². The molecule has 0 unspecified atom stereocenters. The summed E-state index contributed by atoms with van der Waals surface area (Å²) in [7, 11) is 1.80. The lowest BCUT2D eigenvalue weighted by Gasteiger charge is -2.12. The van der Waals surface area contributed by atoms with Crippen molar-refractivity contribution in [1.82, 2.24) is 4.57 Å². The van der Waals surface area contributed by atoms with Gasteiger partial charge in [0.25, 0.3) is 5.56 Å². The number of benzene rings is 1. The fourth-order valence-electron chi connectivity index (χ4n) is 2.25. The molecule has 17 heavy (non-hydrogen) atoms. The molecule has 3 nitrogen and oxygen atoms in total. The summed E-state index contributed by atoms with van der Waals surface area (Å²) < 4.78 is 7.32. The van der Waals surface area contributed by atoms with Crippen LogP contribution in [0.15, 0.2) is 41.2 Å². The van der Waals surface area contributed by atoms with Crippen molar-refractivity contribution >= 4 is 10.9 Å². The molecule has 1 aliphatic rings. The number of aryl methyl sites for hydroxylation is 1. The van der Waals surface area contributed by atoms with Crippen molar-refractivity contribution in [2.45, 2.75) is 6.42 Å². The third-order valence-electron chi connectivity index (χ3n) is 3.20. The molecule has 1 aromatic heterocycles. The summed E-state index contributed by atoms with van der Waals surface area (Å²) in [6.07, 6.45) is 4.98. The summed E-state index contributed by atoms with van der Waals surface area (Å²) in [5.74, 6) is 0.918. The van der Waals surface area contributed by atoms with Crippen molar-refractivity contribution in [3.05, 3.63) is 52.3 Å². The maximum Gasteiger partial charge on any atom is 0.250 e. The van der Waals surface area contributed by atoms with Gasteiger partial charge in [0, 0.05) is 24.1 Å². The van der Waals surface area contributed by atoms with E-state index < -0.39 is 0 Å². The van der Waals surface area contributed by atoms with Crippen molar-refractivity contribution in [3.8, 4) is 5.75 Å². The van der Waals surface area contributed by atoms with Crippen molar-refractivity contribution in [2.75, 3.05) is 6.61 Å². The Balaban J connectivity index is 2.38. The first kappa shape index (κ1) is 10.1. The molecule has 0 saturated carbocycles. The second-order valence-electron chi connectivity index (χ2n) is 4.19. The summed E-state index contributed by atoms with van der Waals surface area (Å²) in [5, 5.41) is 1.09. The monoisotopic (exact) mass is 227 g/mol. The van der Waals surface area contributed by atoms with Crippen LogP contribution in [0.25, 0.3) is 10.9 Å². The van der Waals surface area contributed by atoms with Crippen molar-refractivity contribution in [1.29, 1.82) is 0 Å². The van der Waals surface area contributed by atoms with E-state index in [9.17, 15) is 4.79 Å². The highest BCUT2D eigenvalue weighted by Crippen LogP contribution is 2.29. The summed E-state index contributed by atoms with van der Waals surface area (Å²) >= 11 is 0. The molecular weight excluding hydrogens is 214 g/mol. The highest BCUT2D eigenvalue weighted by Gasteiger charge is 2.11. The zero-order valence-electron chi connectivity index (χ0n) is 9.64. The van der Waals surface area contributed by atoms with E-state index in [1.54, 1.807) is 17.7 Å². The lowest BCUT2D eigenvalue weighted by atomic mass is 10.0. The number of rotatable bonds is 0. The van der Waals surface area contributed by atoms with Crippen LogP contribution in [0.2, 0.25) is 0 Å². The van der Waals surface area contributed by atoms with Crippen LogP contribution in [0.1, 0.15) is 5.56 Å². The first-order valence-electron chi connectivity index (χ1n) is 5.67. The first-order valence-corrected chi connectivity index (χ1v) is 5.67. The second kappa shape index (κ2) is 3.77. The molecule has 2 aromatic rings. The van der Waals surface area contributed by atoms with Gasteiger partial charge in [-0.2, -0.15) is 0 Å². The maximum absolute atomic E-state index is 11.6. The van der Waals surface area contributed by atoms with Gasteiger partial charge < -0.3 is 9.30 Å². The van der Waals surface area contributed by atoms with E-state index in [-0.39, 0.29) is 5.56 Å². The van der Waals surface area contributed by atoms with E-state index in [0.29, 0.717) is 6.61 Å². The standard InChI is InChI=1S/C14H13NO2/c1-15-12-6-7-13-11(4-2-3-9-17-13)10(12)5-8-14(15)16/h2-3,5-8H,4,9H2,1H3. The molecule has 3 heteroatoms. The Morgan fingerprint density at radius 3 is 2.94 bits per heavy atom. The van der Waals surface area contributed by atoms with E-state index >= 15 is 0 Å². The third kappa shape index (κ3) is 1.55. The fraction of sp³-hybridized carbons (Fsp3) is 0.214. The normalized spacial score (nSPS) is 14.2. The molecule has 0 saturated heterocycles. The number of fused-ring (bicyclic) bond motifs is 3. The van der Waals surface area contributed by atoms with Gasteiger partial charge in [0.05, 0.1) is 5.52 Å². The van der Waals surface area contributed by atoms with Gasteiger partial charge in [0.2, 0.25) is 0 Å². The zero-order valence-corrected chi connectivity index (χ0v) is 9.64. The zero-order chi connectivity index (χ0) is 11.8. The Morgan fingerprint density at radius 2 is 2.06 bits per heavy atom. The summed E-state index contributed by atoms with van der Waals surface area (Å²) in [5.41, 5.74) is 2.13. The van der Waals surface area contributed by atoms with Crippen LogP contribution in [-0.2, 0) is 13.5 Å². The van der Waals surface area contributed by atoms with E-state index in [4.69, 9.17) is 4.74 Å². The highest BCUT2D eigenvalue weighted by molar-refractivity contribution is 5.85. The van der Waals surface area contributed by atoms with Crippen LogP contribution in [0.5, 0.6) is 5.75 Å². The number of allylic oxidation sites excluding steroid dienone is 1. The van der Waals surface area contributed by atoms with Crippen LogP contribution in [0.4, 0.5) is 0 Å². The van der Waals surface area contributed by atoms with Gasteiger partial charge in [-0.3, -0.25) is 4.79 Å². The number of aromatic nitrogens is 1. The minimum absolute atomic E-state index is 0.0162. The Labute approximate surface area is 98.9 Å². The van der Waals surface area contributed by atoms with Gasteiger partial charge in [-0.05, 0) is 24.6 Å². The molecule has 0 aliphatic carbocycles. The molecule has 1 aromatic carbocycles. The SMILES string of the molecule is Cn1c(=O)ccc2c3c(ccc21)OCC=CC3. The quantitative estimate of drug-likeness (QED) is 0.645. The van der Waals surface area contributed by atoms with Crippen LogP contribution in [0, 0.1) is 0 Å². The smallest absolute Gasteiger partial charge is 0.250 e. The molecule has 1 aliphatic heterocycles. The lowest BCUT2D eigenvalue weighted by molar-refractivity contribution is 0.363. The van der Waals surface area contributed by atoms with Gasteiger partial charge in [-0.1, -0.05) is 12.2 Å². The maximum atomic E-state index is 11.6. The molecule has 0 spiro atoms. The summed E-state index contributed by atoms with van der Waals surface area (Å²) in [6, 6.07) is 7.39. The molecule has 2 heterocycles. The lowest BCUT2D eigenvalue weighted by Crippen LogP contribution is -2.15. The Morgan fingerprint density at radius 1 is 1.18 bits per heavy atom. The molecule has 0 atom stereocenters. The average molecular weight is 227 g/mol. The van der Waals surface area contributed by atoms with E-state index in [2.05, 4.69) is 6.08 Å². The average Bonchev–Trinajstić information content (AvgIpc) is 2.58. The molecular formula is C14H13NO2. The third-order valence-corrected chi connectivity index (χ3v) is 3.20. The van der Waals surface area contributed by atoms with Crippen LogP contribution in [-0.4, -0.2) is 11.2 Å². The molecule has 0 amide bonds. The second-order valence-corrected chi connectivity index (χ2v) is 4.19. The van der Waals surface area contributed by atoms with Crippen molar-refractivity contribution in [3.63, 3.8) is 0 Å². The number of pyridine rings is 1. The number of ether oxygens (including phenoxy) is 1. The summed E-state index contributed by atoms with van der Waals surface area (Å²) in [4.78, 5) is 11.6. The predicted molar refractivity (Wildman–Crippen MR) is 67.5 cm³/mol. The topological polar surface area (TPSA) is 31.2 Å². The van der Waals surface area contributed by atoms with E-state index in [1.807, 2.05) is 24.3 Å². The number of hydrogen-bond donors (Lipinski definition) is 0. The van der Waals surface area contributed by atoms with Gasteiger partial charge in [-0.25, -0.2) is 0 Å². The van der Waals surface area contributed by atoms with E-state index in [0.717, 1.165) is 28.6 Å². The van der Waals surface area contributed by atoms with Gasteiger partial charge in [0.15, 0.2) is 0 Å². The van der Waals surface area contributed by atoms with E-state index in [1.165, 1.54) is 0 Å². The molecule has 3 rings (SSSR count).